The van der Waals surface area contributed by atoms with Crippen molar-refractivity contribution in [1.29, 1.82) is 0 Å². The fraction of sp³-hybridized carbons (Fsp3) is 0.0769. The molecule has 0 fully saturated rings. The Morgan fingerprint density at radius 3 is 2.85 bits per heavy atom. The molecule has 0 saturated heterocycles. The Morgan fingerprint density at radius 1 is 1.35 bits per heavy atom. The van der Waals surface area contributed by atoms with Crippen molar-refractivity contribution in [3.63, 3.8) is 0 Å². The van der Waals surface area contributed by atoms with Crippen molar-refractivity contribution in [2.45, 2.75) is 5.16 Å². The second kappa shape index (κ2) is 6.01. The highest BCUT2D eigenvalue weighted by Gasteiger charge is 2.14. The fourth-order valence-corrected chi connectivity index (χ4v) is 5.36. The molecule has 1 N–H and O–H groups in total. The van der Waals surface area contributed by atoms with E-state index in [4.69, 9.17) is 0 Å². The molecule has 0 saturated carbocycles. The summed E-state index contributed by atoms with van der Waals surface area (Å²) in [5.74, 6) is 0.450. The third-order valence-electron chi connectivity index (χ3n) is 2.66. The normalized spacial score (nSPS) is 11.1. The number of benzene rings is 1. The summed E-state index contributed by atoms with van der Waals surface area (Å²) in [4.78, 5) is 19.8. The lowest BCUT2D eigenvalue weighted by atomic mass is 10.2. The maximum atomic E-state index is 12.2. The van der Waals surface area contributed by atoms with Gasteiger partial charge in [0.2, 0.25) is 0 Å². The number of nitrogens with zero attached hydrogens (tertiary/aromatic N) is 1. The topological polar surface area (TPSA) is 45.8 Å². The molecule has 1 aromatic carbocycles. The first kappa shape index (κ1) is 14.3. The molecule has 7 heteroatoms. The lowest BCUT2D eigenvalue weighted by Gasteiger charge is -1.97. The van der Waals surface area contributed by atoms with Crippen LogP contribution in [0.5, 0.6) is 0 Å². The summed E-state index contributed by atoms with van der Waals surface area (Å²) in [7, 11) is 0. The number of halogens is 2. The summed E-state index contributed by atoms with van der Waals surface area (Å²) < 4.78 is 1.81. The van der Waals surface area contributed by atoms with Crippen molar-refractivity contribution in [1.82, 2.24) is 9.97 Å². The Kier molecular flexibility index (Phi) is 4.30. The number of thiophene rings is 1. The number of hydrogen-bond donors (Lipinski definition) is 1. The SMILES string of the molecule is O=C(CSc1nc2ccccc2[nH]1)c1cc(Br)sc1Br. The molecule has 0 radical (unpaired) electrons. The van der Waals surface area contributed by atoms with Gasteiger partial charge in [0.15, 0.2) is 10.9 Å². The largest absolute Gasteiger partial charge is 0.333 e. The van der Waals surface area contributed by atoms with Gasteiger partial charge >= 0.3 is 0 Å². The minimum atomic E-state index is 0.0873. The third kappa shape index (κ3) is 3.00. The Balaban J connectivity index is 1.73. The molecule has 0 aliphatic rings. The van der Waals surface area contributed by atoms with Crippen molar-refractivity contribution in [2.75, 3.05) is 5.75 Å². The number of rotatable bonds is 4. The van der Waals surface area contributed by atoms with Crippen molar-refractivity contribution in [3.05, 3.63) is 43.5 Å². The second-order valence-electron chi connectivity index (χ2n) is 4.01. The number of para-hydroxylation sites is 2. The number of aromatic nitrogens is 2. The standard InChI is InChI=1S/C13H8Br2N2OS2/c14-11-5-7(12(15)20-11)10(18)6-19-13-16-8-3-1-2-4-9(8)17-13/h1-5H,6H2,(H,16,17). The molecule has 3 nitrogen and oxygen atoms in total. The van der Waals surface area contributed by atoms with Gasteiger partial charge in [0, 0.05) is 5.56 Å². The van der Waals surface area contributed by atoms with Gasteiger partial charge in [-0.25, -0.2) is 4.98 Å². The number of hydrogen-bond acceptors (Lipinski definition) is 4. The van der Waals surface area contributed by atoms with E-state index in [0.717, 1.165) is 23.8 Å². The van der Waals surface area contributed by atoms with Crippen molar-refractivity contribution >= 4 is 71.8 Å². The lowest BCUT2D eigenvalue weighted by Crippen LogP contribution is -2.01. The number of imidazole rings is 1. The number of aromatic amines is 1. The highest BCUT2D eigenvalue weighted by Crippen LogP contribution is 2.33. The molecule has 20 heavy (non-hydrogen) atoms. The Labute approximate surface area is 140 Å². The molecule has 2 heterocycles. The molecule has 3 rings (SSSR count). The van der Waals surface area contributed by atoms with Crippen LogP contribution in [0.15, 0.2) is 43.1 Å². The van der Waals surface area contributed by atoms with Gasteiger partial charge in [0.25, 0.3) is 0 Å². The average molecular weight is 432 g/mol. The van der Waals surface area contributed by atoms with E-state index in [1.165, 1.54) is 23.1 Å². The Morgan fingerprint density at radius 2 is 2.15 bits per heavy atom. The van der Waals surface area contributed by atoms with Gasteiger partial charge in [-0.15, -0.1) is 11.3 Å². The number of Topliss-reactive ketones (excluding diaryl/α,β-unsaturated/α-hetero) is 1. The van der Waals surface area contributed by atoms with Crippen molar-refractivity contribution < 1.29 is 4.79 Å². The minimum absolute atomic E-state index is 0.0873. The predicted molar refractivity (Wildman–Crippen MR) is 90.9 cm³/mol. The van der Waals surface area contributed by atoms with Crippen LogP contribution in [0.25, 0.3) is 11.0 Å². The van der Waals surface area contributed by atoms with Crippen LogP contribution < -0.4 is 0 Å². The summed E-state index contributed by atoms with van der Waals surface area (Å²) >= 11 is 9.71. The highest BCUT2D eigenvalue weighted by atomic mass is 79.9. The monoisotopic (exact) mass is 430 g/mol. The van der Waals surface area contributed by atoms with Crippen LogP contribution in [-0.4, -0.2) is 21.5 Å². The van der Waals surface area contributed by atoms with Crippen LogP contribution in [0.1, 0.15) is 10.4 Å². The Hall–Kier alpha value is -0.630. The first-order valence-electron chi connectivity index (χ1n) is 5.69. The molecule has 0 aliphatic carbocycles. The van der Waals surface area contributed by atoms with Crippen molar-refractivity contribution in [3.8, 4) is 0 Å². The first-order chi connectivity index (χ1) is 9.63. The van der Waals surface area contributed by atoms with E-state index in [1.54, 1.807) is 0 Å². The summed E-state index contributed by atoms with van der Waals surface area (Å²) in [5, 5.41) is 0.768. The molecule has 0 spiro atoms. The van der Waals surface area contributed by atoms with E-state index in [0.29, 0.717) is 11.3 Å². The van der Waals surface area contributed by atoms with Gasteiger partial charge in [0.05, 0.1) is 24.4 Å². The molecule has 0 aliphatic heterocycles. The first-order valence-corrected chi connectivity index (χ1v) is 9.08. The number of fused-ring (bicyclic) bond motifs is 1. The smallest absolute Gasteiger partial charge is 0.175 e. The van der Waals surface area contributed by atoms with E-state index in [2.05, 4.69) is 41.8 Å². The molecule has 0 bridgehead atoms. The average Bonchev–Trinajstić information content (AvgIpc) is 2.98. The number of ketones is 1. The summed E-state index contributed by atoms with van der Waals surface area (Å²) in [6, 6.07) is 9.67. The molecule has 0 amide bonds. The second-order valence-corrected chi connectivity index (χ2v) is 8.72. The molecule has 0 atom stereocenters. The van der Waals surface area contributed by atoms with Gasteiger partial charge < -0.3 is 4.98 Å². The fourth-order valence-electron chi connectivity index (χ4n) is 1.74. The van der Waals surface area contributed by atoms with Crippen LogP contribution in [0, 0.1) is 0 Å². The maximum absolute atomic E-state index is 12.2. The molecular weight excluding hydrogens is 424 g/mol. The molecular formula is C13H8Br2N2OS2. The van der Waals surface area contributed by atoms with Gasteiger partial charge in [-0.2, -0.15) is 0 Å². The van der Waals surface area contributed by atoms with E-state index >= 15 is 0 Å². The van der Waals surface area contributed by atoms with E-state index in [9.17, 15) is 4.79 Å². The number of nitrogens with one attached hydrogen (secondary N) is 1. The van der Waals surface area contributed by atoms with Gasteiger partial charge in [-0.05, 0) is 50.1 Å². The molecule has 2 aromatic heterocycles. The number of thioether (sulfide) groups is 1. The lowest BCUT2D eigenvalue weighted by molar-refractivity contribution is 0.102. The summed E-state index contributed by atoms with van der Waals surface area (Å²) in [5.41, 5.74) is 2.62. The van der Waals surface area contributed by atoms with E-state index in [1.807, 2.05) is 30.3 Å². The van der Waals surface area contributed by atoms with Gasteiger partial charge in [-0.1, -0.05) is 23.9 Å². The number of carbonyl (C=O) groups is 1. The van der Waals surface area contributed by atoms with E-state index < -0.39 is 0 Å². The quantitative estimate of drug-likeness (QED) is 0.460. The van der Waals surface area contributed by atoms with Gasteiger partial charge in [-0.3, -0.25) is 4.79 Å². The zero-order chi connectivity index (χ0) is 14.1. The highest BCUT2D eigenvalue weighted by molar-refractivity contribution is 9.12. The molecule has 0 unspecified atom stereocenters. The maximum Gasteiger partial charge on any atom is 0.175 e. The molecule has 102 valence electrons. The summed E-state index contributed by atoms with van der Waals surface area (Å²) in [6.07, 6.45) is 0. The third-order valence-corrected chi connectivity index (χ3v) is 5.88. The zero-order valence-corrected chi connectivity index (χ0v) is 14.8. The Bertz CT molecular complexity index is 749. The number of carbonyl (C=O) groups excluding carboxylic acids is 1. The van der Waals surface area contributed by atoms with Crippen molar-refractivity contribution in [2.24, 2.45) is 0 Å². The van der Waals surface area contributed by atoms with Gasteiger partial charge in [0.1, 0.15) is 0 Å². The van der Waals surface area contributed by atoms with Crippen LogP contribution in [0.2, 0.25) is 0 Å². The number of H-pyrrole nitrogens is 1. The zero-order valence-electron chi connectivity index (χ0n) is 10.0. The summed E-state index contributed by atoms with van der Waals surface area (Å²) in [6.45, 7) is 0. The van der Waals surface area contributed by atoms with Crippen LogP contribution in [0.3, 0.4) is 0 Å². The molecule has 3 aromatic rings. The van der Waals surface area contributed by atoms with E-state index in [-0.39, 0.29) is 5.78 Å². The van der Waals surface area contributed by atoms with Crippen LogP contribution in [-0.2, 0) is 0 Å². The van der Waals surface area contributed by atoms with Crippen LogP contribution >= 0.6 is 55.0 Å². The minimum Gasteiger partial charge on any atom is -0.333 e. The van der Waals surface area contributed by atoms with Crippen LogP contribution in [0.4, 0.5) is 0 Å². The predicted octanol–water partition coefficient (Wildman–Crippen LogP) is 5.12.